The Morgan fingerprint density at radius 2 is 1.72 bits per heavy atom. The Bertz CT molecular complexity index is 771. The number of carbonyl (C=O) groups excluding carboxylic acids is 1. The van der Waals surface area contributed by atoms with Gasteiger partial charge in [0.2, 0.25) is 0 Å². The number of phenolic OH excluding ortho intramolecular Hbond substituents is 1. The number of aldehydes is 1. The van der Waals surface area contributed by atoms with Gasteiger partial charge in [-0.2, -0.15) is 0 Å². The van der Waals surface area contributed by atoms with Gasteiger partial charge in [0.1, 0.15) is 17.8 Å². The standard InChI is InChI=1S/C22H26O3/c1-5-22(6-2,18-10-12-21(25-4)16(3)14-18)19-9-11-20(24)17(15-19)8-7-13-23/h7-15,24H,5-6H2,1-4H3/b8-7+. The van der Waals surface area contributed by atoms with Crippen molar-refractivity contribution < 1.29 is 14.6 Å². The minimum absolute atomic E-state index is 0.158. The zero-order valence-electron chi connectivity index (χ0n) is 15.4. The molecule has 0 spiro atoms. The molecule has 2 aromatic carbocycles. The fraction of sp³-hybridized carbons (Fsp3) is 0.318. The van der Waals surface area contributed by atoms with E-state index in [1.54, 1.807) is 19.3 Å². The summed E-state index contributed by atoms with van der Waals surface area (Å²) >= 11 is 0. The van der Waals surface area contributed by atoms with Gasteiger partial charge in [-0.3, -0.25) is 4.79 Å². The average molecular weight is 338 g/mol. The summed E-state index contributed by atoms with van der Waals surface area (Å²) in [4.78, 5) is 10.6. The molecule has 2 rings (SSSR count). The van der Waals surface area contributed by atoms with Crippen LogP contribution in [-0.2, 0) is 10.2 Å². The molecule has 0 aliphatic carbocycles. The molecule has 0 heterocycles. The molecule has 0 aliphatic heterocycles. The lowest BCUT2D eigenvalue weighted by Gasteiger charge is -2.34. The van der Waals surface area contributed by atoms with Crippen molar-refractivity contribution in [3.05, 3.63) is 64.7 Å². The maximum Gasteiger partial charge on any atom is 0.142 e. The predicted octanol–water partition coefficient (Wildman–Crippen LogP) is 5.03. The molecular formula is C22H26O3. The highest BCUT2D eigenvalue weighted by Crippen LogP contribution is 2.41. The number of hydrogen-bond donors (Lipinski definition) is 1. The Morgan fingerprint density at radius 3 is 2.28 bits per heavy atom. The third kappa shape index (κ3) is 3.60. The summed E-state index contributed by atoms with van der Waals surface area (Å²) in [6, 6.07) is 12.0. The molecule has 0 amide bonds. The molecule has 2 aromatic rings. The lowest BCUT2D eigenvalue weighted by molar-refractivity contribution is -0.104. The van der Waals surface area contributed by atoms with Gasteiger partial charge in [0.25, 0.3) is 0 Å². The summed E-state index contributed by atoms with van der Waals surface area (Å²) in [5.41, 5.74) is 3.96. The zero-order valence-corrected chi connectivity index (χ0v) is 15.4. The molecule has 25 heavy (non-hydrogen) atoms. The number of methoxy groups -OCH3 is 1. The third-order valence-corrected chi connectivity index (χ3v) is 5.09. The van der Waals surface area contributed by atoms with Crippen LogP contribution in [0.15, 0.2) is 42.5 Å². The van der Waals surface area contributed by atoms with E-state index in [0.717, 1.165) is 29.7 Å². The zero-order chi connectivity index (χ0) is 18.4. The number of ether oxygens (including phenoxy) is 1. The number of rotatable bonds is 7. The Kier molecular flexibility index (Phi) is 6.02. The van der Waals surface area contributed by atoms with Gasteiger partial charge in [-0.1, -0.05) is 32.0 Å². The molecule has 3 nitrogen and oxygen atoms in total. The first kappa shape index (κ1) is 18.8. The van der Waals surface area contributed by atoms with Crippen molar-refractivity contribution in [3.8, 4) is 11.5 Å². The van der Waals surface area contributed by atoms with E-state index in [4.69, 9.17) is 4.74 Å². The van der Waals surface area contributed by atoms with Crippen LogP contribution in [0.2, 0.25) is 0 Å². The molecule has 0 aromatic heterocycles. The molecule has 0 saturated heterocycles. The molecular weight excluding hydrogens is 312 g/mol. The highest BCUT2D eigenvalue weighted by molar-refractivity contribution is 5.75. The van der Waals surface area contributed by atoms with Gasteiger partial charge in [-0.25, -0.2) is 0 Å². The van der Waals surface area contributed by atoms with Crippen LogP contribution in [0.3, 0.4) is 0 Å². The van der Waals surface area contributed by atoms with E-state index in [1.165, 1.54) is 11.6 Å². The Morgan fingerprint density at radius 1 is 1.08 bits per heavy atom. The van der Waals surface area contributed by atoms with E-state index in [1.807, 2.05) is 25.1 Å². The normalized spacial score (nSPS) is 11.7. The van der Waals surface area contributed by atoms with Crippen LogP contribution in [0, 0.1) is 6.92 Å². The topological polar surface area (TPSA) is 46.5 Å². The second-order valence-electron chi connectivity index (χ2n) is 6.24. The minimum atomic E-state index is -0.158. The number of aromatic hydroxyl groups is 1. The molecule has 0 radical (unpaired) electrons. The quantitative estimate of drug-likeness (QED) is 0.569. The van der Waals surface area contributed by atoms with Gasteiger partial charge < -0.3 is 9.84 Å². The van der Waals surface area contributed by atoms with Crippen molar-refractivity contribution in [1.82, 2.24) is 0 Å². The second kappa shape index (κ2) is 8.02. The number of hydrogen-bond acceptors (Lipinski definition) is 3. The molecule has 0 aliphatic rings. The van der Waals surface area contributed by atoms with Gasteiger partial charge in [0, 0.05) is 11.0 Å². The first-order valence-electron chi connectivity index (χ1n) is 8.62. The van der Waals surface area contributed by atoms with Crippen molar-refractivity contribution in [1.29, 1.82) is 0 Å². The molecule has 0 atom stereocenters. The van der Waals surface area contributed by atoms with Crippen LogP contribution >= 0.6 is 0 Å². The van der Waals surface area contributed by atoms with Gasteiger partial charge in [-0.15, -0.1) is 0 Å². The molecule has 1 N–H and O–H groups in total. The maximum absolute atomic E-state index is 10.6. The summed E-state index contributed by atoms with van der Waals surface area (Å²) in [5, 5.41) is 10.1. The van der Waals surface area contributed by atoms with Crippen molar-refractivity contribution in [2.24, 2.45) is 0 Å². The summed E-state index contributed by atoms with van der Waals surface area (Å²) in [6.07, 6.45) is 5.61. The Hall–Kier alpha value is -2.55. The van der Waals surface area contributed by atoms with Crippen LogP contribution in [0.1, 0.15) is 48.9 Å². The van der Waals surface area contributed by atoms with Crippen molar-refractivity contribution in [3.63, 3.8) is 0 Å². The van der Waals surface area contributed by atoms with Crippen molar-refractivity contribution >= 4 is 12.4 Å². The van der Waals surface area contributed by atoms with E-state index in [2.05, 4.69) is 26.0 Å². The van der Waals surface area contributed by atoms with E-state index in [9.17, 15) is 9.90 Å². The number of carbonyl (C=O) groups is 1. The SMILES string of the molecule is CCC(CC)(c1ccc(OC)c(C)c1)c1ccc(O)c(/C=C/C=O)c1. The Labute approximate surface area is 150 Å². The van der Waals surface area contributed by atoms with E-state index in [-0.39, 0.29) is 11.2 Å². The monoisotopic (exact) mass is 338 g/mol. The fourth-order valence-corrected chi connectivity index (χ4v) is 3.54. The van der Waals surface area contributed by atoms with Gasteiger partial charge in [-0.05, 0) is 66.8 Å². The molecule has 132 valence electrons. The lowest BCUT2D eigenvalue weighted by atomic mass is 9.70. The largest absolute Gasteiger partial charge is 0.507 e. The van der Waals surface area contributed by atoms with Crippen LogP contribution in [0.5, 0.6) is 11.5 Å². The molecule has 0 fully saturated rings. The fourth-order valence-electron chi connectivity index (χ4n) is 3.54. The highest BCUT2D eigenvalue weighted by Gasteiger charge is 2.31. The van der Waals surface area contributed by atoms with Crippen molar-refractivity contribution in [2.45, 2.75) is 39.0 Å². The number of phenols is 1. The third-order valence-electron chi connectivity index (χ3n) is 5.09. The Balaban J connectivity index is 2.62. The van der Waals surface area contributed by atoms with Crippen LogP contribution in [0.25, 0.3) is 6.08 Å². The predicted molar refractivity (Wildman–Crippen MR) is 102 cm³/mol. The number of aryl methyl sites for hydroxylation is 1. The molecule has 0 bridgehead atoms. The number of allylic oxidation sites excluding steroid dienone is 1. The van der Waals surface area contributed by atoms with Crippen molar-refractivity contribution in [2.75, 3.05) is 7.11 Å². The molecule has 0 unspecified atom stereocenters. The summed E-state index contributed by atoms with van der Waals surface area (Å²) < 4.78 is 5.39. The van der Waals surface area contributed by atoms with Crippen LogP contribution in [0.4, 0.5) is 0 Å². The summed E-state index contributed by atoms with van der Waals surface area (Å²) in [5.74, 6) is 1.05. The molecule has 3 heteroatoms. The van der Waals surface area contributed by atoms with E-state index >= 15 is 0 Å². The van der Waals surface area contributed by atoms with Gasteiger partial charge >= 0.3 is 0 Å². The summed E-state index contributed by atoms with van der Waals surface area (Å²) in [7, 11) is 1.68. The smallest absolute Gasteiger partial charge is 0.142 e. The summed E-state index contributed by atoms with van der Waals surface area (Å²) in [6.45, 7) is 6.40. The van der Waals surface area contributed by atoms with Gasteiger partial charge in [0.15, 0.2) is 0 Å². The maximum atomic E-state index is 10.6. The average Bonchev–Trinajstić information content (AvgIpc) is 2.63. The second-order valence-corrected chi connectivity index (χ2v) is 6.24. The van der Waals surface area contributed by atoms with Crippen LogP contribution < -0.4 is 4.74 Å². The first-order valence-corrected chi connectivity index (χ1v) is 8.62. The lowest BCUT2D eigenvalue weighted by Crippen LogP contribution is -2.26. The van der Waals surface area contributed by atoms with E-state index in [0.29, 0.717) is 11.8 Å². The van der Waals surface area contributed by atoms with Gasteiger partial charge in [0.05, 0.1) is 7.11 Å². The minimum Gasteiger partial charge on any atom is -0.507 e. The molecule has 0 saturated carbocycles. The first-order chi connectivity index (χ1) is 12.0. The number of benzene rings is 2. The highest BCUT2D eigenvalue weighted by atomic mass is 16.5. The van der Waals surface area contributed by atoms with Crippen LogP contribution in [-0.4, -0.2) is 18.5 Å². The van der Waals surface area contributed by atoms with E-state index < -0.39 is 0 Å².